The van der Waals surface area contributed by atoms with Gasteiger partial charge in [0.1, 0.15) is 0 Å². The Labute approximate surface area is 157 Å². The standard InChI is InChI=1S/C25H23Si/c1-3-9-22(10-4-1)26(23-11-5-2-6-12-23)24-13-7-8-20(18-24)25-17-19-14-15-21(25)16-19/h1-15,18-19,21,25H,16-17H2. The third-order valence-corrected chi connectivity index (χ3v) is 8.72. The predicted octanol–water partition coefficient (Wildman–Crippen LogP) is 3.88. The number of rotatable bonds is 4. The van der Waals surface area contributed by atoms with Crippen molar-refractivity contribution in [2.75, 3.05) is 0 Å². The van der Waals surface area contributed by atoms with Crippen LogP contribution in [0.15, 0.2) is 97.1 Å². The van der Waals surface area contributed by atoms with Crippen molar-refractivity contribution in [2.24, 2.45) is 11.8 Å². The fraction of sp³-hybridized carbons (Fsp3) is 0.200. The highest BCUT2D eigenvalue weighted by atomic mass is 28.3. The monoisotopic (exact) mass is 351 g/mol. The van der Waals surface area contributed by atoms with Gasteiger partial charge in [0.25, 0.3) is 0 Å². The minimum Gasteiger partial charge on any atom is -0.0851 e. The van der Waals surface area contributed by atoms with E-state index in [9.17, 15) is 0 Å². The molecule has 0 amide bonds. The van der Waals surface area contributed by atoms with E-state index in [-0.39, 0.29) is 0 Å². The van der Waals surface area contributed by atoms with Gasteiger partial charge in [-0.1, -0.05) is 113 Å². The number of hydrogen-bond donors (Lipinski definition) is 0. The molecule has 0 saturated heterocycles. The first-order chi connectivity index (χ1) is 12.9. The number of fused-ring (bicyclic) bond motifs is 2. The molecule has 0 aromatic heterocycles. The molecule has 1 fully saturated rings. The molecule has 1 heteroatoms. The van der Waals surface area contributed by atoms with Crippen LogP contribution in [0.1, 0.15) is 24.3 Å². The van der Waals surface area contributed by atoms with Crippen LogP contribution in [0.2, 0.25) is 0 Å². The topological polar surface area (TPSA) is 0 Å². The number of hydrogen-bond acceptors (Lipinski definition) is 0. The summed E-state index contributed by atoms with van der Waals surface area (Å²) in [5.41, 5.74) is 1.55. The minimum absolute atomic E-state index is 0.722. The molecule has 3 aromatic carbocycles. The van der Waals surface area contributed by atoms with Gasteiger partial charge in [-0.05, 0) is 36.2 Å². The molecule has 2 aliphatic rings. The normalized spacial score (nSPS) is 23.7. The zero-order valence-electron chi connectivity index (χ0n) is 14.9. The zero-order chi connectivity index (χ0) is 17.3. The van der Waals surface area contributed by atoms with E-state index in [0.717, 1.165) is 17.8 Å². The first-order valence-electron chi connectivity index (χ1n) is 9.65. The van der Waals surface area contributed by atoms with Crippen LogP contribution in [-0.2, 0) is 0 Å². The number of benzene rings is 3. The van der Waals surface area contributed by atoms with E-state index < -0.39 is 8.80 Å². The molecule has 0 spiro atoms. The Morgan fingerprint density at radius 1 is 0.615 bits per heavy atom. The van der Waals surface area contributed by atoms with Gasteiger partial charge < -0.3 is 0 Å². The Bertz CT molecular complexity index is 874. The van der Waals surface area contributed by atoms with E-state index in [1.807, 2.05) is 0 Å². The summed E-state index contributed by atoms with van der Waals surface area (Å²) in [6, 6.07) is 31.6. The Morgan fingerprint density at radius 3 is 1.85 bits per heavy atom. The molecular weight excluding hydrogens is 328 g/mol. The van der Waals surface area contributed by atoms with Gasteiger partial charge in [-0.2, -0.15) is 0 Å². The summed E-state index contributed by atoms with van der Waals surface area (Å²) in [5.74, 6) is 2.31. The molecule has 26 heavy (non-hydrogen) atoms. The highest BCUT2D eigenvalue weighted by Gasteiger charge is 2.36. The van der Waals surface area contributed by atoms with E-state index in [1.54, 1.807) is 5.56 Å². The predicted molar refractivity (Wildman–Crippen MR) is 112 cm³/mol. The first kappa shape index (κ1) is 15.8. The molecule has 127 valence electrons. The smallest absolute Gasteiger partial charge is 0.0851 e. The minimum atomic E-state index is -0.959. The second-order valence-electron chi connectivity index (χ2n) is 7.62. The van der Waals surface area contributed by atoms with Crippen molar-refractivity contribution in [3.63, 3.8) is 0 Å². The summed E-state index contributed by atoms with van der Waals surface area (Å²) in [6.45, 7) is 0. The lowest BCUT2D eigenvalue weighted by Gasteiger charge is -2.22. The van der Waals surface area contributed by atoms with Crippen LogP contribution >= 0.6 is 0 Å². The highest BCUT2D eigenvalue weighted by Crippen LogP contribution is 2.48. The van der Waals surface area contributed by atoms with Crippen molar-refractivity contribution in [1.82, 2.24) is 0 Å². The quantitative estimate of drug-likeness (QED) is 0.380. The van der Waals surface area contributed by atoms with E-state index >= 15 is 0 Å². The lowest BCUT2D eigenvalue weighted by Crippen LogP contribution is -2.52. The Hall–Kier alpha value is -2.38. The van der Waals surface area contributed by atoms with Gasteiger partial charge in [0.15, 0.2) is 8.80 Å². The van der Waals surface area contributed by atoms with Crippen LogP contribution in [0, 0.1) is 11.8 Å². The fourth-order valence-corrected chi connectivity index (χ4v) is 7.42. The lowest BCUT2D eigenvalue weighted by atomic mass is 9.87. The molecule has 0 heterocycles. The van der Waals surface area contributed by atoms with Crippen molar-refractivity contribution in [3.05, 3.63) is 103 Å². The molecule has 3 aromatic rings. The average molecular weight is 352 g/mol. The summed E-state index contributed by atoms with van der Waals surface area (Å²) < 4.78 is 0. The molecule has 0 N–H and O–H groups in total. The lowest BCUT2D eigenvalue weighted by molar-refractivity contribution is 0.586. The van der Waals surface area contributed by atoms with Crippen LogP contribution in [-0.4, -0.2) is 8.80 Å². The highest BCUT2D eigenvalue weighted by molar-refractivity contribution is 6.95. The van der Waals surface area contributed by atoms with Crippen LogP contribution in [0.4, 0.5) is 0 Å². The van der Waals surface area contributed by atoms with Crippen molar-refractivity contribution >= 4 is 24.4 Å². The second-order valence-corrected chi connectivity index (χ2v) is 10.1. The van der Waals surface area contributed by atoms with Gasteiger partial charge in [-0.15, -0.1) is 0 Å². The molecule has 0 nitrogen and oxygen atoms in total. The molecule has 5 rings (SSSR count). The summed E-state index contributed by atoms with van der Waals surface area (Å²) in [6.07, 6.45) is 7.60. The van der Waals surface area contributed by atoms with Gasteiger partial charge >= 0.3 is 0 Å². The maximum Gasteiger partial charge on any atom is 0.154 e. The van der Waals surface area contributed by atoms with Crippen molar-refractivity contribution < 1.29 is 0 Å². The Morgan fingerprint density at radius 2 is 1.27 bits per heavy atom. The van der Waals surface area contributed by atoms with Crippen LogP contribution in [0.5, 0.6) is 0 Å². The van der Waals surface area contributed by atoms with Crippen molar-refractivity contribution in [2.45, 2.75) is 18.8 Å². The van der Waals surface area contributed by atoms with Gasteiger partial charge in [0.2, 0.25) is 0 Å². The van der Waals surface area contributed by atoms with Gasteiger partial charge in [-0.25, -0.2) is 0 Å². The van der Waals surface area contributed by atoms with Crippen LogP contribution < -0.4 is 15.6 Å². The third-order valence-electron chi connectivity index (χ3n) is 6.01. The van der Waals surface area contributed by atoms with Gasteiger partial charge in [0.05, 0.1) is 0 Å². The van der Waals surface area contributed by atoms with E-state index in [4.69, 9.17) is 0 Å². The molecule has 3 unspecified atom stereocenters. The molecule has 3 atom stereocenters. The average Bonchev–Trinajstić information content (AvgIpc) is 3.34. The van der Waals surface area contributed by atoms with Crippen molar-refractivity contribution in [3.8, 4) is 0 Å². The second kappa shape index (κ2) is 6.73. The van der Waals surface area contributed by atoms with Gasteiger partial charge in [0, 0.05) is 0 Å². The largest absolute Gasteiger partial charge is 0.154 e. The van der Waals surface area contributed by atoms with Crippen LogP contribution in [0.3, 0.4) is 0 Å². The molecule has 2 bridgehead atoms. The fourth-order valence-electron chi connectivity index (χ4n) is 4.80. The summed E-state index contributed by atoms with van der Waals surface area (Å²) in [7, 11) is -0.959. The van der Waals surface area contributed by atoms with E-state index in [0.29, 0.717) is 0 Å². The molecule has 1 saturated carbocycles. The number of allylic oxidation sites excluding steroid dienone is 2. The summed E-state index contributed by atoms with van der Waals surface area (Å²) >= 11 is 0. The van der Waals surface area contributed by atoms with Gasteiger partial charge in [-0.3, -0.25) is 0 Å². The Kier molecular flexibility index (Phi) is 4.10. The first-order valence-corrected chi connectivity index (χ1v) is 11.1. The van der Waals surface area contributed by atoms with Crippen molar-refractivity contribution in [1.29, 1.82) is 0 Å². The van der Waals surface area contributed by atoms with Crippen LogP contribution in [0.25, 0.3) is 0 Å². The molecular formula is C25H23Si. The molecule has 1 radical (unpaired) electrons. The summed E-state index contributed by atoms with van der Waals surface area (Å²) in [5, 5.41) is 4.44. The van der Waals surface area contributed by atoms with E-state index in [2.05, 4.69) is 97.1 Å². The summed E-state index contributed by atoms with van der Waals surface area (Å²) in [4.78, 5) is 0. The van der Waals surface area contributed by atoms with E-state index in [1.165, 1.54) is 28.4 Å². The molecule has 0 aliphatic heterocycles. The third kappa shape index (κ3) is 2.87. The maximum absolute atomic E-state index is 2.52. The maximum atomic E-state index is 2.52. The zero-order valence-corrected chi connectivity index (χ0v) is 15.9. The Balaban J connectivity index is 1.57. The molecule has 2 aliphatic carbocycles. The SMILES string of the molecule is C1=CC2CC1CC2c1cccc([Si](c2ccccc2)c2ccccc2)c1.